The lowest BCUT2D eigenvalue weighted by molar-refractivity contribution is 1.64. The fourth-order valence-electron chi connectivity index (χ4n) is 3.60. The van der Waals surface area contributed by atoms with E-state index in [1.54, 1.807) is 0 Å². The van der Waals surface area contributed by atoms with Crippen LogP contribution >= 0.6 is 0 Å². The van der Waals surface area contributed by atoms with Crippen LogP contribution in [-0.4, -0.2) is 0 Å². The van der Waals surface area contributed by atoms with E-state index < -0.39 is 0 Å². The van der Waals surface area contributed by atoms with E-state index in [-0.39, 0.29) is 0 Å². The van der Waals surface area contributed by atoms with Crippen molar-refractivity contribution in [3.63, 3.8) is 0 Å². The van der Waals surface area contributed by atoms with Crippen molar-refractivity contribution >= 4 is 10.8 Å². The van der Waals surface area contributed by atoms with Crippen LogP contribution in [0.2, 0.25) is 0 Å². The van der Waals surface area contributed by atoms with E-state index in [0.717, 1.165) is 5.56 Å². The minimum Gasteiger partial charge on any atom is -0.0616 e. The van der Waals surface area contributed by atoms with Crippen LogP contribution < -0.4 is 0 Å². The molecular weight excluding hydrogens is 264 g/mol. The minimum atomic E-state index is 1.15. The standard InChI is InChI=1S/C22H13/c1-2-7-15(8-3-1)16-13-14-21-18-10-5-4-9-17(18)20-12-6-11-19(16)22(20)21/h1-7,9-14H. The van der Waals surface area contributed by atoms with E-state index in [0.29, 0.717) is 0 Å². The van der Waals surface area contributed by atoms with Crippen LogP contribution in [0.15, 0.2) is 78.9 Å². The third-order valence-electron chi connectivity index (χ3n) is 4.55. The highest BCUT2D eigenvalue weighted by atomic mass is 14.2. The van der Waals surface area contributed by atoms with Gasteiger partial charge in [-0.15, -0.1) is 0 Å². The molecule has 4 aromatic rings. The molecule has 0 aromatic heterocycles. The monoisotopic (exact) mass is 277 g/mol. The topological polar surface area (TPSA) is 0 Å². The highest BCUT2D eigenvalue weighted by molar-refractivity contribution is 6.18. The second kappa shape index (κ2) is 4.32. The van der Waals surface area contributed by atoms with E-state index in [1.165, 1.54) is 38.6 Å². The van der Waals surface area contributed by atoms with Gasteiger partial charge in [-0.2, -0.15) is 0 Å². The molecule has 1 aliphatic carbocycles. The SMILES string of the molecule is [c]1ccccc1-c1ccc2c3c(cccc13)-c1ccccc1-2. The molecule has 0 fully saturated rings. The first-order valence-electron chi connectivity index (χ1n) is 7.56. The van der Waals surface area contributed by atoms with Gasteiger partial charge in [0.25, 0.3) is 0 Å². The van der Waals surface area contributed by atoms with Crippen molar-refractivity contribution < 1.29 is 0 Å². The smallest absolute Gasteiger partial charge is 0.00201 e. The van der Waals surface area contributed by atoms with Gasteiger partial charge in [0, 0.05) is 0 Å². The summed E-state index contributed by atoms with van der Waals surface area (Å²) in [5.41, 5.74) is 7.80. The molecule has 0 atom stereocenters. The summed E-state index contributed by atoms with van der Waals surface area (Å²) in [5, 5.41) is 2.69. The molecule has 0 spiro atoms. The van der Waals surface area contributed by atoms with Crippen LogP contribution in [0, 0.1) is 6.07 Å². The molecule has 0 amide bonds. The Morgan fingerprint density at radius 2 is 1.18 bits per heavy atom. The van der Waals surface area contributed by atoms with Gasteiger partial charge in [-0.05, 0) is 50.2 Å². The normalized spacial score (nSPS) is 11.6. The number of hydrogen-bond acceptors (Lipinski definition) is 0. The zero-order chi connectivity index (χ0) is 14.5. The quantitative estimate of drug-likeness (QED) is 0.355. The zero-order valence-electron chi connectivity index (χ0n) is 12.0. The van der Waals surface area contributed by atoms with Gasteiger partial charge >= 0.3 is 0 Å². The van der Waals surface area contributed by atoms with Crippen LogP contribution in [0.4, 0.5) is 0 Å². The summed E-state index contributed by atoms with van der Waals surface area (Å²) >= 11 is 0. The first-order chi connectivity index (χ1) is 10.9. The number of rotatable bonds is 1. The van der Waals surface area contributed by atoms with Crippen LogP contribution in [-0.2, 0) is 0 Å². The molecule has 0 heteroatoms. The van der Waals surface area contributed by atoms with Crippen LogP contribution in [0.1, 0.15) is 0 Å². The van der Waals surface area contributed by atoms with Gasteiger partial charge < -0.3 is 0 Å². The summed E-state index contributed by atoms with van der Waals surface area (Å²) in [5.74, 6) is 0. The second-order valence-corrected chi connectivity index (χ2v) is 5.71. The van der Waals surface area contributed by atoms with Gasteiger partial charge in [0.05, 0.1) is 0 Å². The molecule has 0 N–H and O–H groups in total. The predicted octanol–water partition coefficient (Wildman–Crippen LogP) is 5.95. The van der Waals surface area contributed by atoms with Crippen molar-refractivity contribution in [1.29, 1.82) is 0 Å². The largest absolute Gasteiger partial charge is 0.0616 e. The Balaban J connectivity index is 1.92. The maximum absolute atomic E-state index is 3.36. The van der Waals surface area contributed by atoms with Gasteiger partial charge in [-0.1, -0.05) is 78.9 Å². The van der Waals surface area contributed by atoms with E-state index in [4.69, 9.17) is 0 Å². The Morgan fingerprint density at radius 1 is 0.500 bits per heavy atom. The summed E-state index contributed by atoms with van der Waals surface area (Å²) < 4.78 is 0. The molecule has 0 saturated heterocycles. The molecule has 5 rings (SSSR count). The molecule has 1 radical (unpaired) electrons. The zero-order valence-corrected chi connectivity index (χ0v) is 12.0. The van der Waals surface area contributed by atoms with Crippen molar-refractivity contribution in [1.82, 2.24) is 0 Å². The number of hydrogen-bond donors (Lipinski definition) is 0. The Labute approximate surface area is 129 Å². The molecule has 1 aliphatic rings. The van der Waals surface area contributed by atoms with Crippen LogP contribution in [0.5, 0.6) is 0 Å². The van der Waals surface area contributed by atoms with E-state index in [2.05, 4.69) is 72.8 Å². The fraction of sp³-hybridized carbons (Fsp3) is 0. The first-order valence-corrected chi connectivity index (χ1v) is 7.56. The highest BCUT2D eigenvalue weighted by Gasteiger charge is 2.21. The van der Waals surface area contributed by atoms with E-state index in [1.807, 2.05) is 12.1 Å². The number of benzene rings is 4. The molecule has 0 saturated carbocycles. The Hall–Kier alpha value is -2.86. The summed E-state index contributed by atoms with van der Waals surface area (Å²) in [4.78, 5) is 0. The molecule has 4 aromatic carbocycles. The van der Waals surface area contributed by atoms with Gasteiger partial charge in [0.2, 0.25) is 0 Å². The summed E-state index contributed by atoms with van der Waals surface area (Å²) in [6.07, 6.45) is 0. The van der Waals surface area contributed by atoms with E-state index in [9.17, 15) is 0 Å². The lowest BCUT2D eigenvalue weighted by Gasteiger charge is -2.09. The Kier molecular flexibility index (Phi) is 2.31. The second-order valence-electron chi connectivity index (χ2n) is 5.71. The van der Waals surface area contributed by atoms with E-state index >= 15 is 0 Å². The molecule has 101 valence electrons. The van der Waals surface area contributed by atoms with Crippen LogP contribution in [0.3, 0.4) is 0 Å². The fourth-order valence-corrected chi connectivity index (χ4v) is 3.60. The summed E-state index contributed by atoms with van der Waals surface area (Å²) in [6.45, 7) is 0. The maximum atomic E-state index is 3.36. The van der Waals surface area contributed by atoms with Gasteiger partial charge in [0.15, 0.2) is 0 Å². The lowest BCUT2D eigenvalue weighted by Crippen LogP contribution is -1.83. The number of fused-ring (bicyclic) bond motifs is 3. The molecule has 0 nitrogen and oxygen atoms in total. The van der Waals surface area contributed by atoms with Crippen molar-refractivity contribution in [2.45, 2.75) is 0 Å². The first kappa shape index (κ1) is 11.8. The average molecular weight is 277 g/mol. The van der Waals surface area contributed by atoms with Crippen LogP contribution in [0.25, 0.3) is 44.2 Å². The van der Waals surface area contributed by atoms with Gasteiger partial charge in [-0.25, -0.2) is 0 Å². The van der Waals surface area contributed by atoms with Crippen molar-refractivity contribution in [2.24, 2.45) is 0 Å². The molecule has 0 unspecified atom stereocenters. The maximum Gasteiger partial charge on any atom is -0.00201 e. The summed E-state index contributed by atoms with van der Waals surface area (Å²) in [7, 11) is 0. The lowest BCUT2D eigenvalue weighted by atomic mass is 9.94. The van der Waals surface area contributed by atoms with Crippen molar-refractivity contribution in [3.8, 4) is 33.4 Å². The average Bonchev–Trinajstić information content (AvgIpc) is 2.93. The minimum absolute atomic E-state index is 1.15. The molecular formula is C22H13. The molecule has 22 heavy (non-hydrogen) atoms. The van der Waals surface area contributed by atoms with Crippen molar-refractivity contribution in [2.75, 3.05) is 0 Å². The molecule has 0 aliphatic heterocycles. The highest BCUT2D eigenvalue weighted by Crippen LogP contribution is 2.48. The summed E-state index contributed by atoms with van der Waals surface area (Å²) in [6, 6.07) is 31.3. The third-order valence-corrected chi connectivity index (χ3v) is 4.55. The Bertz CT molecular complexity index is 981. The third kappa shape index (κ3) is 1.47. The van der Waals surface area contributed by atoms with Gasteiger partial charge in [0.1, 0.15) is 0 Å². The predicted molar refractivity (Wildman–Crippen MR) is 92.7 cm³/mol. The Morgan fingerprint density at radius 3 is 1.95 bits per heavy atom. The van der Waals surface area contributed by atoms with Crippen molar-refractivity contribution in [3.05, 3.63) is 84.9 Å². The van der Waals surface area contributed by atoms with Gasteiger partial charge in [-0.3, -0.25) is 0 Å². The molecule has 0 heterocycles. The molecule has 0 bridgehead atoms.